The van der Waals surface area contributed by atoms with Crippen molar-refractivity contribution in [2.75, 3.05) is 20.2 Å². The van der Waals surface area contributed by atoms with E-state index in [-0.39, 0.29) is 0 Å². The lowest BCUT2D eigenvalue weighted by Crippen LogP contribution is -2.37. The van der Waals surface area contributed by atoms with E-state index in [4.69, 9.17) is 4.74 Å². The molecule has 2 aliphatic rings. The largest absolute Gasteiger partial charge is 0.494 e. The van der Waals surface area contributed by atoms with E-state index in [9.17, 15) is 0 Å². The number of nitrogens with zero attached hydrogens (tertiary/aromatic N) is 1. The van der Waals surface area contributed by atoms with Crippen molar-refractivity contribution in [3.05, 3.63) is 29.8 Å². The molecule has 116 valence electrons. The van der Waals surface area contributed by atoms with Crippen LogP contribution >= 0.6 is 0 Å². The van der Waals surface area contributed by atoms with Crippen LogP contribution in [0.25, 0.3) is 0 Å². The molecule has 0 spiro atoms. The molecule has 1 aliphatic heterocycles. The Morgan fingerprint density at radius 1 is 1.14 bits per heavy atom. The third-order valence-electron chi connectivity index (χ3n) is 4.74. The monoisotopic (exact) mass is 288 g/mol. The summed E-state index contributed by atoms with van der Waals surface area (Å²) < 4.78 is 5.90. The minimum absolute atomic E-state index is 0.709. The number of nitrogens with one attached hydrogen (secondary N) is 1. The Morgan fingerprint density at radius 3 is 2.67 bits per heavy atom. The van der Waals surface area contributed by atoms with E-state index in [1.807, 2.05) is 0 Å². The van der Waals surface area contributed by atoms with E-state index in [2.05, 4.69) is 41.5 Å². The molecule has 3 rings (SSSR count). The Morgan fingerprint density at radius 2 is 1.95 bits per heavy atom. The highest BCUT2D eigenvalue weighted by molar-refractivity contribution is 5.27. The lowest BCUT2D eigenvalue weighted by Gasteiger charge is -2.32. The average Bonchev–Trinajstić information content (AvgIpc) is 3.33. The summed E-state index contributed by atoms with van der Waals surface area (Å²) >= 11 is 0. The van der Waals surface area contributed by atoms with Gasteiger partial charge in [0.05, 0.1) is 6.61 Å². The van der Waals surface area contributed by atoms with Gasteiger partial charge in [0.15, 0.2) is 0 Å². The second kappa shape index (κ2) is 7.28. The SMILES string of the molecule is CN1CCCCC1CCOc1ccc(CNC2CC2)cc1. The second-order valence-electron chi connectivity index (χ2n) is 6.57. The highest BCUT2D eigenvalue weighted by atomic mass is 16.5. The van der Waals surface area contributed by atoms with E-state index in [1.165, 1.54) is 44.2 Å². The van der Waals surface area contributed by atoms with E-state index in [1.54, 1.807) is 0 Å². The normalized spacial score (nSPS) is 23.2. The van der Waals surface area contributed by atoms with Crippen molar-refractivity contribution in [1.82, 2.24) is 10.2 Å². The highest BCUT2D eigenvalue weighted by Gasteiger charge is 2.20. The van der Waals surface area contributed by atoms with Crippen molar-refractivity contribution >= 4 is 0 Å². The zero-order valence-electron chi connectivity index (χ0n) is 13.2. The molecule has 1 saturated carbocycles. The molecule has 1 aromatic carbocycles. The van der Waals surface area contributed by atoms with Crippen LogP contribution in [-0.2, 0) is 6.54 Å². The Bertz CT molecular complexity index is 427. The van der Waals surface area contributed by atoms with Gasteiger partial charge in [-0.05, 0) is 63.4 Å². The molecule has 1 aromatic rings. The molecule has 21 heavy (non-hydrogen) atoms. The van der Waals surface area contributed by atoms with Crippen LogP contribution in [0, 0.1) is 0 Å². The van der Waals surface area contributed by atoms with Gasteiger partial charge >= 0.3 is 0 Å². The van der Waals surface area contributed by atoms with Crippen LogP contribution in [0.5, 0.6) is 5.75 Å². The molecule has 0 bridgehead atoms. The predicted molar refractivity (Wildman–Crippen MR) is 86.7 cm³/mol. The van der Waals surface area contributed by atoms with Gasteiger partial charge in [-0.15, -0.1) is 0 Å². The molecule has 1 aliphatic carbocycles. The minimum atomic E-state index is 0.709. The lowest BCUT2D eigenvalue weighted by atomic mass is 10.0. The van der Waals surface area contributed by atoms with Crippen LogP contribution in [-0.4, -0.2) is 37.2 Å². The molecule has 3 nitrogen and oxygen atoms in total. The first-order valence-electron chi connectivity index (χ1n) is 8.46. The quantitative estimate of drug-likeness (QED) is 0.834. The first kappa shape index (κ1) is 14.9. The Hall–Kier alpha value is -1.06. The minimum Gasteiger partial charge on any atom is -0.494 e. The van der Waals surface area contributed by atoms with Crippen LogP contribution in [0.3, 0.4) is 0 Å². The highest BCUT2D eigenvalue weighted by Crippen LogP contribution is 2.21. The summed E-state index contributed by atoms with van der Waals surface area (Å²) in [6.07, 6.45) is 7.88. The average molecular weight is 288 g/mol. The maximum atomic E-state index is 5.90. The standard InChI is InChI=1S/C18H28N2O/c1-20-12-3-2-4-17(20)11-13-21-18-9-5-15(6-10-18)14-19-16-7-8-16/h5-6,9-10,16-17,19H,2-4,7-8,11-14H2,1H3. The Kier molecular flexibility index (Phi) is 5.15. The van der Waals surface area contributed by atoms with Gasteiger partial charge in [0.2, 0.25) is 0 Å². The fourth-order valence-corrected chi connectivity index (χ4v) is 3.07. The van der Waals surface area contributed by atoms with Gasteiger partial charge in [0.1, 0.15) is 5.75 Å². The van der Waals surface area contributed by atoms with Crippen molar-refractivity contribution in [3.8, 4) is 5.75 Å². The van der Waals surface area contributed by atoms with E-state index < -0.39 is 0 Å². The number of ether oxygens (including phenoxy) is 1. The molecule has 0 amide bonds. The zero-order valence-corrected chi connectivity index (χ0v) is 13.2. The third kappa shape index (κ3) is 4.72. The number of rotatable bonds is 7. The van der Waals surface area contributed by atoms with Crippen molar-refractivity contribution in [2.24, 2.45) is 0 Å². The third-order valence-corrected chi connectivity index (χ3v) is 4.74. The van der Waals surface area contributed by atoms with Crippen molar-refractivity contribution < 1.29 is 4.74 Å². The fourth-order valence-electron chi connectivity index (χ4n) is 3.07. The van der Waals surface area contributed by atoms with Crippen LogP contribution in [0.2, 0.25) is 0 Å². The summed E-state index contributed by atoms with van der Waals surface area (Å²) in [5.74, 6) is 1.00. The molecule has 0 aromatic heterocycles. The smallest absolute Gasteiger partial charge is 0.119 e. The first-order chi connectivity index (χ1) is 10.3. The van der Waals surface area contributed by atoms with Crippen molar-refractivity contribution in [3.63, 3.8) is 0 Å². The van der Waals surface area contributed by atoms with E-state index >= 15 is 0 Å². The predicted octanol–water partition coefficient (Wildman–Crippen LogP) is 3.19. The molecule has 0 radical (unpaired) electrons. The van der Waals surface area contributed by atoms with Gasteiger partial charge in [-0.2, -0.15) is 0 Å². The Labute approximate surface area is 128 Å². The molecular weight excluding hydrogens is 260 g/mol. The van der Waals surface area contributed by atoms with Crippen LogP contribution in [0.4, 0.5) is 0 Å². The molecule has 2 fully saturated rings. The van der Waals surface area contributed by atoms with Crippen molar-refractivity contribution in [1.29, 1.82) is 0 Å². The summed E-state index contributed by atoms with van der Waals surface area (Å²) in [6, 6.07) is 10.0. The van der Waals surface area contributed by atoms with Gasteiger partial charge < -0.3 is 15.0 Å². The topological polar surface area (TPSA) is 24.5 Å². The van der Waals surface area contributed by atoms with Crippen LogP contribution < -0.4 is 10.1 Å². The van der Waals surface area contributed by atoms with Crippen LogP contribution in [0.1, 0.15) is 44.1 Å². The number of piperidine rings is 1. The van der Waals surface area contributed by atoms with Gasteiger partial charge in [-0.1, -0.05) is 18.6 Å². The second-order valence-corrected chi connectivity index (χ2v) is 6.57. The van der Waals surface area contributed by atoms with Gasteiger partial charge in [-0.25, -0.2) is 0 Å². The van der Waals surface area contributed by atoms with Gasteiger partial charge in [0, 0.05) is 18.6 Å². The fraction of sp³-hybridized carbons (Fsp3) is 0.667. The summed E-state index contributed by atoms with van der Waals surface area (Å²) in [6.45, 7) is 3.06. The molecule has 1 N–H and O–H groups in total. The van der Waals surface area contributed by atoms with Crippen molar-refractivity contribution in [2.45, 2.75) is 57.2 Å². The maximum absolute atomic E-state index is 5.90. The summed E-state index contributed by atoms with van der Waals surface area (Å²) in [5.41, 5.74) is 1.35. The molecule has 1 atom stereocenters. The van der Waals surface area contributed by atoms with Gasteiger partial charge in [0.25, 0.3) is 0 Å². The maximum Gasteiger partial charge on any atom is 0.119 e. The number of benzene rings is 1. The summed E-state index contributed by atoms with van der Waals surface area (Å²) in [5, 5.41) is 3.54. The molecule has 1 unspecified atom stereocenters. The molecular formula is C18H28N2O. The molecule has 1 saturated heterocycles. The summed E-state index contributed by atoms with van der Waals surface area (Å²) in [4.78, 5) is 2.49. The lowest BCUT2D eigenvalue weighted by molar-refractivity contribution is 0.153. The number of hydrogen-bond acceptors (Lipinski definition) is 3. The van der Waals surface area contributed by atoms with E-state index in [0.717, 1.165) is 31.4 Å². The molecule has 3 heteroatoms. The number of hydrogen-bond donors (Lipinski definition) is 1. The summed E-state index contributed by atoms with van der Waals surface area (Å²) in [7, 11) is 2.24. The van der Waals surface area contributed by atoms with Gasteiger partial charge in [-0.3, -0.25) is 0 Å². The number of likely N-dealkylation sites (tertiary alicyclic amines) is 1. The molecule has 1 heterocycles. The van der Waals surface area contributed by atoms with E-state index in [0.29, 0.717) is 6.04 Å². The first-order valence-corrected chi connectivity index (χ1v) is 8.46. The Balaban J connectivity index is 1.38. The zero-order chi connectivity index (χ0) is 14.5. The van der Waals surface area contributed by atoms with Crippen LogP contribution in [0.15, 0.2) is 24.3 Å².